The molecule has 4 rings (SSSR count). The number of hydrogen-bond acceptors (Lipinski definition) is 5. The van der Waals surface area contributed by atoms with Crippen LogP contribution in [0.5, 0.6) is 5.75 Å². The van der Waals surface area contributed by atoms with Gasteiger partial charge in [0, 0.05) is 56.1 Å². The molecule has 23 heavy (non-hydrogen) atoms. The third kappa shape index (κ3) is 2.73. The zero-order valence-electron chi connectivity index (χ0n) is 12.8. The maximum atomic E-state index is 9.93. The summed E-state index contributed by atoms with van der Waals surface area (Å²) in [7, 11) is 0. The predicted molar refractivity (Wildman–Crippen MR) is 89.0 cm³/mol. The number of piperazine rings is 1. The number of aromatic nitrogens is 3. The average Bonchev–Trinajstić information content (AvgIpc) is 3.00. The molecule has 0 radical (unpaired) electrons. The van der Waals surface area contributed by atoms with E-state index >= 15 is 0 Å². The first-order valence-electron chi connectivity index (χ1n) is 7.87. The monoisotopic (exact) mass is 309 g/mol. The number of nitrogens with zero attached hydrogens (tertiary/aromatic N) is 4. The van der Waals surface area contributed by atoms with Gasteiger partial charge in [0.1, 0.15) is 11.6 Å². The van der Waals surface area contributed by atoms with Crippen molar-refractivity contribution in [3.8, 4) is 5.75 Å². The second-order valence-electron chi connectivity index (χ2n) is 5.77. The van der Waals surface area contributed by atoms with Crippen LogP contribution in [0.1, 0.15) is 11.4 Å². The van der Waals surface area contributed by atoms with Crippen molar-refractivity contribution in [3.05, 3.63) is 54.0 Å². The second kappa shape index (κ2) is 5.89. The summed E-state index contributed by atoms with van der Waals surface area (Å²) in [6.45, 7) is 4.04. The summed E-state index contributed by atoms with van der Waals surface area (Å²) in [5.41, 5.74) is 2.87. The summed E-state index contributed by atoms with van der Waals surface area (Å²) in [5.74, 6) is 1.12. The molecular formula is C17H19N5O. The Balaban J connectivity index is 1.64. The number of rotatable bonds is 3. The topological polar surface area (TPSA) is 65.7 Å². The van der Waals surface area contributed by atoms with E-state index in [2.05, 4.69) is 32.5 Å². The second-order valence-corrected chi connectivity index (χ2v) is 5.77. The van der Waals surface area contributed by atoms with Crippen LogP contribution in [-0.4, -0.2) is 45.9 Å². The summed E-state index contributed by atoms with van der Waals surface area (Å²) in [5, 5.41) is 21.9. The first-order chi connectivity index (χ1) is 11.3. The van der Waals surface area contributed by atoms with Crippen LogP contribution < -0.4 is 10.2 Å². The van der Waals surface area contributed by atoms with Crippen LogP contribution in [0.25, 0.3) is 5.65 Å². The van der Waals surface area contributed by atoms with Gasteiger partial charge in [-0.15, -0.1) is 10.2 Å². The first-order valence-corrected chi connectivity index (χ1v) is 7.87. The Kier molecular flexibility index (Phi) is 3.59. The molecule has 3 aromatic rings. The van der Waals surface area contributed by atoms with Crippen LogP contribution in [0.2, 0.25) is 0 Å². The van der Waals surface area contributed by atoms with Crippen molar-refractivity contribution in [1.29, 1.82) is 0 Å². The number of phenols is 1. The van der Waals surface area contributed by atoms with Gasteiger partial charge in [-0.05, 0) is 12.1 Å². The number of fused-ring (bicyclic) bond motifs is 1. The quantitative estimate of drug-likeness (QED) is 0.766. The number of benzene rings is 1. The maximum Gasteiger partial charge on any atom is 0.162 e. The fourth-order valence-corrected chi connectivity index (χ4v) is 3.00. The molecule has 1 aromatic carbocycles. The molecular weight excluding hydrogens is 290 g/mol. The lowest BCUT2D eigenvalue weighted by Gasteiger charge is -2.29. The molecule has 0 unspecified atom stereocenters. The van der Waals surface area contributed by atoms with Crippen molar-refractivity contribution in [2.24, 2.45) is 0 Å². The van der Waals surface area contributed by atoms with Crippen molar-refractivity contribution in [3.63, 3.8) is 0 Å². The number of phenolic OH excluding ortho intramolecular Hbond substituents is 1. The van der Waals surface area contributed by atoms with Crippen LogP contribution in [0.3, 0.4) is 0 Å². The van der Waals surface area contributed by atoms with Crippen molar-refractivity contribution in [2.45, 2.75) is 6.42 Å². The number of aromatic hydroxyl groups is 1. The van der Waals surface area contributed by atoms with Crippen LogP contribution in [0.4, 0.5) is 5.69 Å². The van der Waals surface area contributed by atoms with Crippen molar-refractivity contribution in [2.75, 3.05) is 31.1 Å². The molecule has 0 atom stereocenters. The molecule has 1 fully saturated rings. The van der Waals surface area contributed by atoms with E-state index in [1.165, 1.54) is 5.69 Å². The third-order valence-electron chi connectivity index (χ3n) is 4.29. The summed E-state index contributed by atoms with van der Waals surface area (Å²) < 4.78 is 1.98. The highest BCUT2D eigenvalue weighted by Gasteiger charge is 2.13. The van der Waals surface area contributed by atoms with Gasteiger partial charge in [-0.25, -0.2) is 0 Å². The first kappa shape index (κ1) is 14.0. The molecule has 0 saturated carbocycles. The van der Waals surface area contributed by atoms with Gasteiger partial charge in [0.2, 0.25) is 0 Å². The minimum absolute atomic E-state index is 0.293. The molecule has 2 N–H and O–H groups in total. The van der Waals surface area contributed by atoms with E-state index in [4.69, 9.17) is 0 Å². The number of hydrogen-bond donors (Lipinski definition) is 2. The minimum Gasteiger partial charge on any atom is -0.508 e. The van der Waals surface area contributed by atoms with Crippen LogP contribution in [-0.2, 0) is 6.42 Å². The van der Waals surface area contributed by atoms with Gasteiger partial charge in [0.05, 0.1) is 0 Å². The minimum atomic E-state index is 0.293. The number of anilines is 1. The summed E-state index contributed by atoms with van der Waals surface area (Å²) in [6.07, 6.45) is 2.57. The smallest absolute Gasteiger partial charge is 0.162 e. The molecule has 0 spiro atoms. The molecule has 0 aliphatic carbocycles. The standard InChI is InChI=1S/C17H19N5O/c23-15-4-2-1-3-13(15)11-16-19-20-17-12-14(5-8-22(16)17)21-9-6-18-7-10-21/h1-5,8,12,18,23H,6-7,9-11H2. The summed E-state index contributed by atoms with van der Waals surface area (Å²) in [4.78, 5) is 2.36. The van der Waals surface area contributed by atoms with Gasteiger partial charge in [0.25, 0.3) is 0 Å². The SMILES string of the molecule is Oc1ccccc1Cc1nnc2cc(N3CCNCC3)ccn12. The van der Waals surface area contributed by atoms with Crippen LogP contribution >= 0.6 is 0 Å². The van der Waals surface area contributed by atoms with Crippen molar-refractivity contribution in [1.82, 2.24) is 19.9 Å². The van der Waals surface area contributed by atoms with Gasteiger partial charge in [0.15, 0.2) is 5.65 Å². The number of para-hydroxylation sites is 1. The molecule has 1 aliphatic heterocycles. The van der Waals surface area contributed by atoms with E-state index in [-0.39, 0.29) is 0 Å². The van der Waals surface area contributed by atoms with Crippen molar-refractivity contribution >= 4 is 11.3 Å². The molecule has 0 bridgehead atoms. The van der Waals surface area contributed by atoms with E-state index < -0.39 is 0 Å². The van der Waals surface area contributed by atoms with Gasteiger partial charge < -0.3 is 15.3 Å². The summed E-state index contributed by atoms with van der Waals surface area (Å²) in [6, 6.07) is 11.5. The fourth-order valence-electron chi connectivity index (χ4n) is 3.00. The maximum absolute atomic E-state index is 9.93. The third-order valence-corrected chi connectivity index (χ3v) is 4.29. The highest BCUT2D eigenvalue weighted by Crippen LogP contribution is 2.21. The largest absolute Gasteiger partial charge is 0.508 e. The van der Waals surface area contributed by atoms with Crippen LogP contribution in [0.15, 0.2) is 42.6 Å². The molecule has 2 aromatic heterocycles. The van der Waals surface area contributed by atoms with E-state index in [1.54, 1.807) is 6.07 Å². The Bertz CT molecular complexity index is 823. The molecule has 6 nitrogen and oxygen atoms in total. The van der Waals surface area contributed by atoms with Gasteiger partial charge >= 0.3 is 0 Å². The molecule has 0 amide bonds. The normalized spacial score (nSPS) is 15.2. The van der Waals surface area contributed by atoms with E-state index in [9.17, 15) is 5.11 Å². The molecule has 1 aliphatic rings. The Morgan fingerprint density at radius 2 is 1.91 bits per heavy atom. The van der Waals surface area contributed by atoms with Gasteiger partial charge in [-0.2, -0.15) is 0 Å². The summed E-state index contributed by atoms with van der Waals surface area (Å²) >= 11 is 0. The Hall–Kier alpha value is -2.60. The van der Waals surface area contributed by atoms with E-state index in [1.807, 2.05) is 28.8 Å². The Morgan fingerprint density at radius 1 is 1.09 bits per heavy atom. The van der Waals surface area contributed by atoms with Crippen molar-refractivity contribution < 1.29 is 5.11 Å². The lowest BCUT2D eigenvalue weighted by molar-refractivity contribution is 0.469. The Labute approximate surface area is 134 Å². The van der Waals surface area contributed by atoms with E-state index in [0.717, 1.165) is 43.2 Å². The van der Waals surface area contributed by atoms with Gasteiger partial charge in [-0.3, -0.25) is 4.40 Å². The average molecular weight is 309 g/mol. The lowest BCUT2D eigenvalue weighted by atomic mass is 10.1. The zero-order valence-corrected chi connectivity index (χ0v) is 12.8. The lowest BCUT2D eigenvalue weighted by Crippen LogP contribution is -2.43. The van der Waals surface area contributed by atoms with Crippen LogP contribution in [0, 0.1) is 0 Å². The molecule has 6 heteroatoms. The highest BCUT2D eigenvalue weighted by molar-refractivity contribution is 5.56. The number of pyridine rings is 1. The molecule has 3 heterocycles. The molecule has 1 saturated heterocycles. The fraction of sp³-hybridized carbons (Fsp3) is 0.294. The molecule has 118 valence electrons. The highest BCUT2D eigenvalue weighted by atomic mass is 16.3. The van der Waals surface area contributed by atoms with E-state index in [0.29, 0.717) is 12.2 Å². The number of nitrogens with one attached hydrogen (secondary N) is 1. The predicted octanol–water partition coefficient (Wildman–Crippen LogP) is 1.44. The zero-order chi connectivity index (χ0) is 15.6. The van der Waals surface area contributed by atoms with Gasteiger partial charge in [-0.1, -0.05) is 18.2 Å². The Morgan fingerprint density at radius 3 is 2.74 bits per heavy atom.